The molecule has 0 saturated carbocycles. The highest BCUT2D eigenvalue weighted by Gasteiger charge is 2.46. The molecule has 0 unspecified atom stereocenters. The second kappa shape index (κ2) is 9.26. The third-order valence-corrected chi connectivity index (χ3v) is 6.17. The van der Waals surface area contributed by atoms with Gasteiger partial charge in [-0.1, -0.05) is 72.8 Å². The normalized spacial score (nSPS) is 15.8. The van der Waals surface area contributed by atoms with Gasteiger partial charge in [0, 0.05) is 13.1 Å². The molecule has 0 N–H and O–H groups in total. The van der Waals surface area contributed by atoms with E-state index >= 15 is 0 Å². The largest absolute Gasteiger partial charge is 0.459 e. The molecule has 3 aromatic carbocycles. The lowest BCUT2D eigenvalue weighted by Crippen LogP contribution is -2.51. The molecule has 4 rings (SSSR count). The van der Waals surface area contributed by atoms with E-state index in [1.54, 1.807) is 4.90 Å². The van der Waals surface area contributed by atoms with Gasteiger partial charge in [-0.2, -0.15) is 0 Å². The highest BCUT2D eigenvalue weighted by Crippen LogP contribution is 2.39. The summed E-state index contributed by atoms with van der Waals surface area (Å²) in [5, 5.41) is 2.21. The Bertz CT molecular complexity index is 1130. The number of piperidine rings is 1. The minimum Gasteiger partial charge on any atom is -0.459 e. The third-order valence-electron chi connectivity index (χ3n) is 6.17. The van der Waals surface area contributed by atoms with Gasteiger partial charge in [0.2, 0.25) is 0 Å². The van der Waals surface area contributed by atoms with Gasteiger partial charge >= 0.3 is 12.1 Å². The van der Waals surface area contributed by atoms with Gasteiger partial charge in [0.25, 0.3) is 0 Å². The summed E-state index contributed by atoms with van der Waals surface area (Å²) >= 11 is 0. The molecule has 5 nitrogen and oxygen atoms in total. The Labute approximate surface area is 195 Å². The Kier molecular flexibility index (Phi) is 6.41. The van der Waals surface area contributed by atoms with E-state index in [0.29, 0.717) is 25.9 Å². The van der Waals surface area contributed by atoms with Crippen LogP contribution in [-0.4, -0.2) is 35.7 Å². The second-order valence-corrected chi connectivity index (χ2v) is 9.67. The highest BCUT2D eigenvalue weighted by atomic mass is 16.6. The minimum atomic E-state index is -0.798. The molecule has 1 fully saturated rings. The number of hydrogen-bond acceptors (Lipinski definition) is 4. The first-order valence-electron chi connectivity index (χ1n) is 11.5. The average molecular weight is 446 g/mol. The number of ether oxygens (including phenoxy) is 2. The number of benzene rings is 3. The topological polar surface area (TPSA) is 55.8 Å². The predicted molar refractivity (Wildman–Crippen MR) is 129 cm³/mol. The summed E-state index contributed by atoms with van der Waals surface area (Å²) < 4.78 is 11.4. The lowest BCUT2D eigenvalue weighted by Gasteiger charge is -2.41. The predicted octanol–water partition coefficient (Wildman–Crippen LogP) is 5.85. The van der Waals surface area contributed by atoms with Crippen LogP contribution in [0.4, 0.5) is 4.79 Å². The molecule has 0 aromatic heterocycles. The van der Waals surface area contributed by atoms with Gasteiger partial charge in [-0.25, -0.2) is 4.79 Å². The SMILES string of the molecule is CC(C)(C)OC(=O)C1(c2ccc3ccccc3c2)CCN(C(=O)OCc2ccccc2)CC1. The molecule has 0 radical (unpaired) electrons. The molecule has 1 amide bonds. The number of nitrogens with zero attached hydrogens (tertiary/aromatic N) is 1. The Morgan fingerprint density at radius 1 is 0.879 bits per heavy atom. The fourth-order valence-corrected chi connectivity index (χ4v) is 4.36. The zero-order valence-electron chi connectivity index (χ0n) is 19.5. The number of amides is 1. The van der Waals surface area contributed by atoms with Crippen LogP contribution < -0.4 is 0 Å². The molecular weight excluding hydrogens is 414 g/mol. The van der Waals surface area contributed by atoms with Crippen LogP contribution >= 0.6 is 0 Å². The lowest BCUT2D eigenvalue weighted by atomic mass is 9.72. The number of likely N-dealkylation sites (tertiary alicyclic amines) is 1. The molecule has 0 atom stereocenters. The van der Waals surface area contributed by atoms with Crippen LogP contribution in [0.5, 0.6) is 0 Å². The van der Waals surface area contributed by atoms with Crippen molar-refractivity contribution >= 4 is 22.8 Å². The fourth-order valence-electron chi connectivity index (χ4n) is 4.36. The van der Waals surface area contributed by atoms with Crippen molar-refractivity contribution in [3.8, 4) is 0 Å². The van der Waals surface area contributed by atoms with Crippen molar-refractivity contribution in [3.63, 3.8) is 0 Å². The highest BCUT2D eigenvalue weighted by molar-refractivity contribution is 5.88. The standard InChI is InChI=1S/C28H31NO4/c1-27(2,3)33-25(30)28(24-14-13-22-11-7-8-12-23(22)19-24)15-17-29(18-16-28)26(31)32-20-21-9-5-4-6-10-21/h4-14,19H,15-18,20H2,1-3H3. The van der Waals surface area contributed by atoms with Crippen molar-refractivity contribution in [3.05, 3.63) is 83.9 Å². The zero-order chi connectivity index (χ0) is 23.5. The summed E-state index contributed by atoms with van der Waals surface area (Å²) in [7, 11) is 0. The second-order valence-electron chi connectivity index (χ2n) is 9.67. The van der Waals surface area contributed by atoms with E-state index in [9.17, 15) is 9.59 Å². The summed E-state index contributed by atoms with van der Waals surface area (Å²) in [4.78, 5) is 27.9. The van der Waals surface area contributed by atoms with Crippen LogP contribution in [0.25, 0.3) is 10.8 Å². The molecule has 1 aliphatic rings. The molecule has 5 heteroatoms. The van der Waals surface area contributed by atoms with Gasteiger partial charge in [-0.3, -0.25) is 4.79 Å². The Hall–Kier alpha value is -3.34. The molecule has 1 saturated heterocycles. The lowest BCUT2D eigenvalue weighted by molar-refractivity contribution is -0.164. The minimum absolute atomic E-state index is 0.234. The van der Waals surface area contributed by atoms with E-state index in [1.807, 2.05) is 69.3 Å². The molecule has 0 spiro atoms. The number of carbonyl (C=O) groups excluding carboxylic acids is 2. The number of esters is 1. The number of rotatable bonds is 4. The van der Waals surface area contributed by atoms with Crippen LogP contribution in [0.2, 0.25) is 0 Å². The van der Waals surface area contributed by atoms with E-state index in [2.05, 4.69) is 24.3 Å². The van der Waals surface area contributed by atoms with Crippen molar-refractivity contribution in [2.24, 2.45) is 0 Å². The summed E-state index contributed by atoms with van der Waals surface area (Å²) in [5.74, 6) is -0.234. The van der Waals surface area contributed by atoms with Gasteiger partial charge in [-0.05, 0) is 55.5 Å². The smallest absolute Gasteiger partial charge is 0.410 e. The van der Waals surface area contributed by atoms with E-state index in [-0.39, 0.29) is 18.7 Å². The van der Waals surface area contributed by atoms with Crippen molar-refractivity contribution < 1.29 is 19.1 Å². The van der Waals surface area contributed by atoms with E-state index in [1.165, 1.54) is 0 Å². The molecule has 1 aliphatic heterocycles. The first kappa shape index (κ1) is 22.8. The van der Waals surface area contributed by atoms with Gasteiger partial charge < -0.3 is 14.4 Å². The number of carbonyl (C=O) groups is 2. The molecule has 0 aliphatic carbocycles. The quantitative estimate of drug-likeness (QED) is 0.473. The number of hydrogen-bond donors (Lipinski definition) is 0. The molecule has 0 bridgehead atoms. The van der Waals surface area contributed by atoms with Crippen molar-refractivity contribution in [2.45, 2.75) is 51.2 Å². The molecule has 172 valence electrons. The maximum atomic E-state index is 13.5. The summed E-state index contributed by atoms with van der Waals surface area (Å²) in [5.41, 5.74) is 0.495. The Balaban J connectivity index is 1.54. The summed E-state index contributed by atoms with van der Waals surface area (Å²) in [6.07, 6.45) is 0.622. The molecular formula is C28H31NO4. The summed E-state index contributed by atoms with van der Waals surface area (Å²) in [6.45, 7) is 6.75. The average Bonchev–Trinajstić information content (AvgIpc) is 2.82. The Morgan fingerprint density at radius 3 is 2.18 bits per heavy atom. The van der Waals surface area contributed by atoms with E-state index < -0.39 is 11.0 Å². The molecule has 33 heavy (non-hydrogen) atoms. The third kappa shape index (κ3) is 5.19. The molecule has 1 heterocycles. The van der Waals surface area contributed by atoms with Crippen molar-refractivity contribution in [1.82, 2.24) is 4.90 Å². The van der Waals surface area contributed by atoms with Crippen LogP contribution in [0.1, 0.15) is 44.7 Å². The van der Waals surface area contributed by atoms with Gasteiger partial charge in [0.1, 0.15) is 12.2 Å². The van der Waals surface area contributed by atoms with Gasteiger partial charge in [-0.15, -0.1) is 0 Å². The number of fused-ring (bicyclic) bond motifs is 1. The Morgan fingerprint density at radius 2 is 1.52 bits per heavy atom. The van der Waals surface area contributed by atoms with Crippen LogP contribution in [0.3, 0.4) is 0 Å². The maximum absolute atomic E-state index is 13.5. The monoisotopic (exact) mass is 445 g/mol. The maximum Gasteiger partial charge on any atom is 0.410 e. The van der Waals surface area contributed by atoms with Gasteiger partial charge in [0.15, 0.2) is 0 Å². The van der Waals surface area contributed by atoms with Crippen LogP contribution in [-0.2, 0) is 26.3 Å². The van der Waals surface area contributed by atoms with Crippen LogP contribution in [0.15, 0.2) is 72.8 Å². The van der Waals surface area contributed by atoms with E-state index in [0.717, 1.165) is 21.9 Å². The van der Waals surface area contributed by atoms with Crippen molar-refractivity contribution in [1.29, 1.82) is 0 Å². The van der Waals surface area contributed by atoms with Crippen LogP contribution in [0, 0.1) is 0 Å². The molecule has 3 aromatic rings. The first-order valence-corrected chi connectivity index (χ1v) is 11.5. The first-order chi connectivity index (χ1) is 15.8. The summed E-state index contributed by atoms with van der Waals surface area (Å²) in [6, 6.07) is 23.9. The van der Waals surface area contributed by atoms with Gasteiger partial charge in [0.05, 0.1) is 5.41 Å². The zero-order valence-corrected chi connectivity index (χ0v) is 19.5. The van der Waals surface area contributed by atoms with E-state index in [4.69, 9.17) is 9.47 Å². The van der Waals surface area contributed by atoms with Crippen molar-refractivity contribution in [2.75, 3.05) is 13.1 Å². The fraction of sp³-hybridized carbons (Fsp3) is 0.357.